The zero-order valence-electron chi connectivity index (χ0n) is 12.5. The summed E-state index contributed by atoms with van der Waals surface area (Å²) in [4.78, 5) is 11.0. The lowest BCUT2D eigenvalue weighted by atomic mass is 10.0. The Morgan fingerprint density at radius 2 is 1.86 bits per heavy atom. The van der Waals surface area contributed by atoms with E-state index in [4.69, 9.17) is 9.52 Å². The van der Waals surface area contributed by atoms with Gasteiger partial charge in [0, 0.05) is 11.5 Å². The van der Waals surface area contributed by atoms with Gasteiger partial charge in [-0.15, -0.1) is 10.2 Å². The number of carboxylic acid groups (broad SMARTS) is 1. The molecule has 110 valence electrons. The van der Waals surface area contributed by atoms with Gasteiger partial charge in [-0.25, -0.2) is 4.79 Å². The molecule has 0 atom stereocenters. The largest absolute Gasteiger partial charge is 0.478 e. The molecule has 1 saturated carbocycles. The third-order valence-electron chi connectivity index (χ3n) is 5.06. The van der Waals surface area contributed by atoms with Crippen LogP contribution in [0.5, 0.6) is 0 Å². The second-order valence-electron chi connectivity index (χ2n) is 6.71. The number of nitrogens with zero attached hydrogens (tertiary/aromatic N) is 2. The summed E-state index contributed by atoms with van der Waals surface area (Å²) in [7, 11) is 0. The molecule has 0 radical (unpaired) electrons. The molecular weight excluding hydrogens is 268 g/mol. The molecular formula is C16H18N2O3. The van der Waals surface area contributed by atoms with Gasteiger partial charge in [-0.1, -0.05) is 33.8 Å². The van der Waals surface area contributed by atoms with E-state index < -0.39 is 5.97 Å². The van der Waals surface area contributed by atoms with E-state index in [1.165, 1.54) is 6.07 Å². The predicted molar refractivity (Wildman–Crippen MR) is 77.0 cm³/mol. The van der Waals surface area contributed by atoms with Gasteiger partial charge >= 0.3 is 5.97 Å². The van der Waals surface area contributed by atoms with E-state index in [-0.39, 0.29) is 22.3 Å². The number of aromatic nitrogens is 2. The normalized spacial score (nSPS) is 19.4. The number of rotatable bonds is 3. The van der Waals surface area contributed by atoms with Gasteiger partial charge in [-0.3, -0.25) is 0 Å². The van der Waals surface area contributed by atoms with E-state index in [9.17, 15) is 4.79 Å². The Labute approximate surface area is 123 Å². The number of aromatic carboxylic acids is 1. The average Bonchev–Trinajstić information content (AvgIpc) is 2.77. The molecule has 1 fully saturated rings. The highest BCUT2D eigenvalue weighted by atomic mass is 16.4. The molecule has 0 amide bonds. The minimum Gasteiger partial charge on any atom is -0.478 e. The molecule has 0 unspecified atom stereocenters. The minimum atomic E-state index is -0.971. The molecule has 1 N–H and O–H groups in total. The summed E-state index contributed by atoms with van der Waals surface area (Å²) in [5.41, 5.74) is 1.09. The maximum atomic E-state index is 11.0. The van der Waals surface area contributed by atoms with Crippen LogP contribution in [0.1, 0.15) is 49.9 Å². The molecule has 0 saturated heterocycles. The van der Waals surface area contributed by atoms with Crippen LogP contribution in [0.2, 0.25) is 0 Å². The Balaban J connectivity index is 1.93. The SMILES string of the molecule is CC1(C)C(c2nnc(-c3cccc(C(=O)O)c3)o2)C1(C)C. The van der Waals surface area contributed by atoms with Crippen molar-refractivity contribution in [3.63, 3.8) is 0 Å². The second-order valence-corrected chi connectivity index (χ2v) is 6.71. The van der Waals surface area contributed by atoms with Gasteiger partial charge in [0.15, 0.2) is 0 Å². The summed E-state index contributed by atoms with van der Waals surface area (Å²) in [5.74, 6) is 0.252. The summed E-state index contributed by atoms with van der Waals surface area (Å²) in [6.07, 6.45) is 0. The Bertz CT molecular complexity index is 702. The Morgan fingerprint density at radius 3 is 2.43 bits per heavy atom. The van der Waals surface area contributed by atoms with Crippen LogP contribution >= 0.6 is 0 Å². The van der Waals surface area contributed by atoms with E-state index in [1.54, 1.807) is 18.2 Å². The van der Waals surface area contributed by atoms with Crippen LogP contribution in [-0.4, -0.2) is 21.3 Å². The first kappa shape index (κ1) is 13.8. The molecule has 3 rings (SSSR count). The molecule has 0 aliphatic heterocycles. The van der Waals surface area contributed by atoms with Crippen molar-refractivity contribution in [1.29, 1.82) is 0 Å². The zero-order valence-corrected chi connectivity index (χ0v) is 12.5. The van der Waals surface area contributed by atoms with Gasteiger partial charge in [0.05, 0.1) is 5.56 Å². The van der Waals surface area contributed by atoms with Gasteiger partial charge in [0.1, 0.15) is 0 Å². The molecule has 0 bridgehead atoms. The van der Waals surface area contributed by atoms with Gasteiger partial charge in [0.25, 0.3) is 0 Å². The van der Waals surface area contributed by atoms with Crippen molar-refractivity contribution in [3.05, 3.63) is 35.7 Å². The van der Waals surface area contributed by atoms with E-state index in [0.717, 1.165) is 0 Å². The topological polar surface area (TPSA) is 76.2 Å². The van der Waals surface area contributed by atoms with Crippen LogP contribution in [0.15, 0.2) is 28.7 Å². The van der Waals surface area contributed by atoms with Crippen LogP contribution in [0, 0.1) is 10.8 Å². The number of carboxylic acids is 1. The fourth-order valence-electron chi connectivity index (χ4n) is 3.07. The lowest BCUT2D eigenvalue weighted by Crippen LogP contribution is -1.95. The maximum absolute atomic E-state index is 11.0. The highest BCUT2D eigenvalue weighted by molar-refractivity contribution is 5.88. The summed E-state index contributed by atoms with van der Waals surface area (Å²) >= 11 is 0. The first-order valence-electron chi connectivity index (χ1n) is 6.92. The lowest BCUT2D eigenvalue weighted by Gasteiger charge is -2.03. The van der Waals surface area contributed by atoms with Crippen LogP contribution in [0.25, 0.3) is 11.5 Å². The monoisotopic (exact) mass is 286 g/mol. The number of hydrogen-bond donors (Lipinski definition) is 1. The average molecular weight is 286 g/mol. The second kappa shape index (κ2) is 4.16. The molecule has 5 heteroatoms. The number of carbonyl (C=O) groups is 1. The molecule has 0 spiro atoms. The molecule has 1 heterocycles. The fraction of sp³-hybridized carbons (Fsp3) is 0.438. The first-order chi connectivity index (χ1) is 9.75. The van der Waals surface area contributed by atoms with E-state index in [2.05, 4.69) is 37.9 Å². The van der Waals surface area contributed by atoms with Crippen LogP contribution in [0.3, 0.4) is 0 Å². The highest BCUT2D eigenvalue weighted by Crippen LogP contribution is 2.73. The molecule has 1 aliphatic rings. The van der Waals surface area contributed by atoms with E-state index in [1.807, 2.05) is 0 Å². The van der Waals surface area contributed by atoms with Crippen molar-refractivity contribution in [2.45, 2.75) is 33.6 Å². The Kier molecular flexibility index (Phi) is 2.74. The van der Waals surface area contributed by atoms with Gasteiger partial charge in [-0.05, 0) is 29.0 Å². The third-order valence-corrected chi connectivity index (χ3v) is 5.06. The third kappa shape index (κ3) is 1.95. The summed E-state index contributed by atoms with van der Waals surface area (Å²) in [6, 6.07) is 6.53. The standard InChI is InChI=1S/C16H18N2O3/c1-15(2)11(16(15,3)4)13-18-17-12(21-13)9-6-5-7-10(8-9)14(19)20/h5-8,11H,1-4H3,(H,19,20). The Hall–Kier alpha value is -2.17. The van der Waals surface area contributed by atoms with Gasteiger partial charge < -0.3 is 9.52 Å². The summed E-state index contributed by atoms with van der Waals surface area (Å²) in [6.45, 7) is 8.75. The van der Waals surface area contributed by atoms with Crippen molar-refractivity contribution < 1.29 is 14.3 Å². The molecule has 1 aromatic heterocycles. The van der Waals surface area contributed by atoms with Crippen LogP contribution < -0.4 is 0 Å². The van der Waals surface area contributed by atoms with Crippen molar-refractivity contribution in [2.75, 3.05) is 0 Å². The predicted octanol–water partition coefficient (Wildman–Crippen LogP) is 3.58. The van der Waals surface area contributed by atoms with Crippen LogP contribution in [0.4, 0.5) is 0 Å². The first-order valence-corrected chi connectivity index (χ1v) is 6.92. The number of hydrogen-bond acceptors (Lipinski definition) is 4. The highest BCUT2D eigenvalue weighted by Gasteiger charge is 2.67. The van der Waals surface area contributed by atoms with Gasteiger partial charge in [0.2, 0.25) is 11.8 Å². The quantitative estimate of drug-likeness (QED) is 0.933. The Morgan fingerprint density at radius 1 is 1.19 bits per heavy atom. The molecule has 1 aliphatic carbocycles. The maximum Gasteiger partial charge on any atom is 0.335 e. The van der Waals surface area contributed by atoms with E-state index in [0.29, 0.717) is 17.3 Å². The molecule has 21 heavy (non-hydrogen) atoms. The van der Waals surface area contributed by atoms with Gasteiger partial charge in [-0.2, -0.15) is 0 Å². The minimum absolute atomic E-state index is 0.125. The summed E-state index contributed by atoms with van der Waals surface area (Å²) < 4.78 is 5.78. The zero-order chi connectivity index (χ0) is 15.4. The molecule has 1 aromatic carbocycles. The molecule has 5 nitrogen and oxygen atoms in total. The van der Waals surface area contributed by atoms with E-state index >= 15 is 0 Å². The number of benzene rings is 1. The lowest BCUT2D eigenvalue weighted by molar-refractivity contribution is 0.0697. The van der Waals surface area contributed by atoms with Crippen molar-refractivity contribution >= 4 is 5.97 Å². The fourth-order valence-corrected chi connectivity index (χ4v) is 3.07. The smallest absolute Gasteiger partial charge is 0.335 e. The van der Waals surface area contributed by atoms with Crippen molar-refractivity contribution in [3.8, 4) is 11.5 Å². The van der Waals surface area contributed by atoms with Crippen molar-refractivity contribution in [1.82, 2.24) is 10.2 Å². The van der Waals surface area contributed by atoms with Crippen LogP contribution in [-0.2, 0) is 0 Å². The molecule has 2 aromatic rings. The summed E-state index contributed by atoms with van der Waals surface area (Å²) in [5, 5.41) is 17.3. The van der Waals surface area contributed by atoms with Crippen molar-refractivity contribution in [2.24, 2.45) is 10.8 Å².